The number of nitrogens with zero attached hydrogens (tertiary/aromatic N) is 1. The molecule has 3 aromatic carbocycles. The fraction of sp³-hybridized carbons (Fsp3) is 0. The molecule has 0 N–H and O–H groups in total. The summed E-state index contributed by atoms with van der Waals surface area (Å²) < 4.78 is 4.51. The number of isocyanates is 1. The normalized spacial score (nSPS) is 9.50. The number of hydrogen-bond donors (Lipinski definition) is 0. The summed E-state index contributed by atoms with van der Waals surface area (Å²) in [4.78, 5) is 8.24. The molecule has 0 radical (unpaired) electrons. The zero-order valence-electron chi connectivity index (χ0n) is 11.9. The summed E-state index contributed by atoms with van der Waals surface area (Å²) in [5.74, 6) is 0. The first-order valence-corrected chi connectivity index (χ1v) is 10.3. The van der Waals surface area contributed by atoms with E-state index in [-0.39, 0.29) is 0 Å². The van der Waals surface area contributed by atoms with E-state index in [0.717, 1.165) is 0 Å². The molecular weight excluding hydrogens is 386 g/mol. The summed E-state index contributed by atoms with van der Waals surface area (Å²) in [6, 6.07) is 32.8. The monoisotopic (exact) mass is 403 g/mol. The second kappa shape index (κ2) is 8.97. The molecule has 22 heavy (non-hydrogen) atoms. The summed E-state index contributed by atoms with van der Waals surface area (Å²) in [6.45, 7) is 0. The van der Waals surface area contributed by atoms with Gasteiger partial charge in [0.1, 0.15) is 0 Å². The molecule has 0 heterocycles. The molecule has 0 saturated heterocycles. The van der Waals surface area contributed by atoms with Crippen molar-refractivity contribution in [2.45, 2.75) is 0 Å². The predicted molar refractivity (Wildman–Crippen MR) is 93.0 cm³/mol. The molecule has 3 rings (SSSR count). The second-order valence-corrected chi connectivity index (χ2v) is 10.1. The Morgan fingerprint density at radius 2 is 0.818 bits per heavy atom. The Bertz CT molecular complexity index is 614. The fourth-order valence-corrected chi connectivity index (χ4v) is 8.08. The third kappa shape index (κ3) is 4.41. The average Bonchev–Trinajstić information content (AvgIpc) is 2.59. The van der Waals surface area contributed by atoms with Crippen molar-refractivity contribution in [1.82, 2.24) is 0 Å². The zero-order valence-corrected chi connectivity index (χ0v) is 14.3. The van der Waals surface area contributed by atoms with Gasteiger partial charge in [-0.05, 0) is 6.08 Å². The second-order valence-electron chi connectivity index (χ2n) is 4.34. The molecule has 2 nitrogen and oxygen atoms in total. The number of hydrogen-bond acceptors (Lipinski definition) is 1. The van der Waals surface area contributed by atoms with Crippen LogP contribution in [0.25, 0.3) is 5.41 Å². The Balaban J connectivity index is 0.000000545. The standard InChI is InChI=1S/C18H15Te.CNO/c1-4-10-16(11-5-1)19(17-12-6-2-7-13-17)18-14-8-3-9-15-18;2-1-3/h1-15H;/q+1;-1. The summed E-state index contributed by atoms with van der Waals surface area (Å²) in [7, 11) is 0. The van der Waals surface area contributed by atoms with Gasteiger partial charge in [-0.2, -0.15) is 0 Å². The molecule has 0 aliphatic rings. The van der Waals surface area contributed by atoms with Crippen molar-refractivity contribution in [1.29, 1.82) is 0 Å². The summed E-state index contributed by atoms with van der Waals surface area (Å²) in [5.41, 5.74) is 0. The van der Waals surface area contributed by atoms with Gasteiger partial charge in [-0.1, -0.05) is 0 Å². The molecule has 0 aliphatic carbocycles. The van der Waals surface area contributed by atoms with Crippen LogP contribution in [0.3, 0.4) is 0 Å². The molecule has 0 bridgehead atoms. The van der Waals surface area contributed by atoms with E-state index < -0.39 is 19.6 Å². The molecule has 0 fully saturated rings. The van der Waals surface area contributed by atoms with Crippen LogP contribution in [0.4, 0.5) is 0 Å². The van der Waals surface area contributed by atoms with Crippen LogP contribution in [-0.2, 0) is 4.79 Å². The molecule has 3 aromatic rings. The first-order valence-electron chi connectivity index (χ1n) is 6.77. The van der Waals surface area contributed by atoms with E-state index in [1.807, 2.05) is 0 Å². The predicted octanol–water partition coefficient (Wildman–Crippen LogP) is 2.09. The van der Waals surface area contributed by atoms with Gasteiger partial charge in [0.2, 0.25) is 0 Å². The SMILES string of the molecule is [N-]=C=O.c1ccc([Te+](c2ccccc2)c2ccccc2)cc1. The van der Waals surface area contributed by atoms with Gasteiger partial charge in [0.25, 0.3) is 0 Å². The fourth-order valence-electron chi connectivity index (χ4n) is 2.08. The van der Waals surface area contributed by atoms with Gasteiger partial charge in [0.05, 0.1) is 0 Å². The van der Waals surface area contributed by atoms with Crippen LogP contribution in [0.5, 0.6) is 0 Å². The molecule has 0 aliphatic heterocycles. The third-order valence-electron chi connectivity index (χ3n) is 2.94. The van der Waals surface area contributed by atoms with Gasteiger partial charge >= 0.3 is 121 Å². The molecule has 0 amide bonds. The van der Waals surface area contributed by atoms with Crippen molar-refractivity contribution in [3.05, 3.63) is 96.4 Å². The molecule has 0 aromatic heterocycles. The van der Waals surface area contributed by atoms with Crippen molar-refractivity contribution in [3.8, 4) is 0 Å². The minimum atomic E-state index is -1.67. The maximum absolute atomic E-state index is 8.24. The van der Waals surface area contributed by atoms with Crippen LogP contribution in [0.2, 0.25) is 0 Å². The van der Waals surface area contributed by atoms with E-state index >= 15 is 0 Å². The van der Waals surface area contributed by atoms with Gasteiger partial charge < -0.3 is 5.41 Å². The van der Waals surface area contributed by atoms with E-state index in [0.29, 0.717) is 6.08 Å². The Labute approximate surface area is 137 Å². The van der Waals surface area contributed by atoms with E-state index in [2.05, 4.69) is 91.0 Å². The molecule has 0 saturated carbocycles. The molecule has 0 unspecified atom stereocenters. The van der Waals surface area contributed by atoms with Gasteiger partial charge in [0, 0.05) is 0 Å². The Kier molecular flexibility index (Phi) is 6.61. The quantitative estimate of drug-likeness (QED) is 0.377. The number of benzene rings is 3. The zero-order chi connectivity index (χ0) is 15.6. The summed E-state index contributed by atoms with van der Waals surface area (Å²) in [6.07, 6.45) is 0.500. The van der Waals surface area contributed by atoms with Crippen molar-refractivity contribution >= 4 is 36.5 Å². The van der Waals surface area contributed by atoms with Crippen LogP contribution >= 0.6 is 0 Å². The van der Waals surface area contributed by atoms with Crippen LogP contribution in [0, 0.1) is 0 Å². The molecule has 0 spiro atoms. The third-order valence-corrected chi connectivity index (χ3v) is 9.30. The van der Waals surface area contributed by atoms with Gasteiger partial charge in [-0.25, -0.2) is 0 Å². The minimum absolute atomic E-state index is 0.500. The first kappa shape index (κ1) is 16.2. The number of rotatable bonds is 3. The van der Waals surface area contributed by atoms with Crippen molar-refractivity contribution in [2.24, 2.45) is 0 Å². The van der Waals surface area contributed by atoms with Crippen molar-refractivity contribution < 1.29 is 4.79 Å². The summed E-state index contributed by atoms with van der Waals surface area (Å²) >= 11 is -1.67. The van der Waals surface area contributed by atoms with E-state index in [9.17, 15) is 0 Å². The van der Waals surface area contributed by atoms with E-state index in [4.69, 9.17) is 10.2 Å². The topological polar surface area (TPSA) is 39.4 Å². The van der Waals surface area contributed by atoms with Gasteiger partial charge in [-0.15, -0.1) is 0 Å². The summed E-state index contributed by atoms with van der Waals surface area (Å²) in [5, 5.41) is 6.76. The van der Waals surface area contributed by atoms with E-state index in [1.54, 1.807) is 0 Å². The Morgan fingerprint density at radius 3 is 1.05 bits per heavy atom. The first-order chi connectivity index (χ1) is 10.9. The number of carbonyl (C=O) groups excluding carboxylic acids is 1. The average molecular weight is 401 g/mol. The van der Waals surface area contributed by atoms with E-state index in [1.165, 1.54) is 10.8 Å². The molecular formula is C19H15NOTe. The van der Waals surface area contributed by atoms with Crippen LogP contribution < -0.4 is 10.8 Å². The van der Waals surface area contributed by atoms with Gasteiger partial charge in [-0.3, -0.25) is 4.79 Å². The van der Waals surface area contributed by atoms with Gasteiger partial charge in [0.15, 0.2) is 0 Å². The van der Waals surface area contributed by atoms with Crippen molar-refractivity contribution in [3.63, 3.8) is 0 Å². The molecule has 3 heteroatoms. The molecule has 0 atom stereocenters. The van der Waals surface area contributed by atoms with Crippen LogP contribution in [-0.4, -0.2) is 25.6 Å². The molecule has 108 valence electrons. The Hall–Kier alpha value is -2.17. The van der Waals surface area contributed by atoms with Crippen LogP contribution in [0.15, 0.2) is 91.0 Å². The van der Waals surface area contributed by atoms with Crippen LogP contribution in [0.1, 0.15) is 0 Å². The van der Waals surface area contributed by atoms with Crippen molar-refractivity contribution in [2.75, 3.05) is 0 Å². The maximum atomic E-state index is 8.24. The Morgan fingerprint density at radius 1 is 0.591 bits per heavy atom.